The van der Waals surface area contributed by atoms with E-state index in [4.69, 9.17) is 5.11 Å². The molecule has 0 bridgehead atoms. The maximum Gasteiger partial charge on any atom is 0.303 e. The van der Waals surface area contributed by atoms with Gasteiger partial charge in [-0.15, -0.1) is 0 Å². The van der Waals surface area contributed by atoms with Gasteiger partial charge < -0.3 is 10.0 Å². The van der Waals surface area contributed by atoms with Crippen LogP contribution < -0.4 is 0 Å². The van der Waals surface area contributed by atoms with Crippen LogP contribution in [0.1, 0.15) is 28.8 Å². The van der Waals surface area contributed by atoms with E-state index in [0.717, 1.165) is 16.5 Å². The van der Waals surface area contributed by atoms with E-state index in [2.05, 4.69) is 15.9 Å². The Kier molecular flexibility index (Phi) is 4.24. The molecule has 1 fully saturated rings. The van der Waals surface area contributed by atoms with Crippen molar-refractivity contribution in [1.29, 1.82) is 0 Å². The number of halogens is 1. The summed E-state index contributed by atoms with van der Waals surface area (Å²) in [6.07, 6.45) is 0.913. The topological polar surface area (TPSA) is 57.6 Å². The maximum absolute atomic E-state index is 12.3. The van der Waals surface area contributed by atoms with Gasteiger partial charge in [-0.25, -0.2) is 0 Å². The summed E-state index contributed by atoms with van der Waals surface area (Å²) in [6.45, 7) is 3.13. The fourth-order valence-electron chi connectivity index (χ4n) is 2.39. The fourth-order valence-corrected chi connectivity index (χ4v) is 2.64. The molecule has 1 aromatic carbocycles. The number of benzene rings is 1. The third kappa shape index (κ3) is 3.35. The molecule has 0 radical (unpaired) electrons. The number of carboxylic acids is 1. The van der Waals surface area contributed by atoms with Gasteiger partial charge in [0.05, 0.1) is 0 Å². The molecule has 1 N–H and O–H groups in total. The second kappa shape index (κ2) is 5.74. The van der Waals surface area contributed by atoms with Crippen LogP contribution >= 0.6 is 15.9 Å². The second-order valence-electron chi connectivity index (χ2n) is 4.97. The van der Waals surface area contributed by atoms with Crippen LogP contribution in [0.2, 0.25) is 0 Å². The summed E-state index contributed by atoms with van der Waals surface area (Å²) < 4.78 is 0.981. The van der Waals surface area contributed by atoms with Gasteiger partial charge in [0.1, 0.15) is 0 Å². The lowest BCUT2D eigenvalue weighted by Crippen LogP contribution is -2.29. The van der Waals surface area contributed by atoms with Crippen molar-refractivity contribution >= 4 is 27.8 Å². The number of carbonyl (C=O) groups excluding carboxylic acids is 1. The quantitative estimate of drug-likeness (QED) is 0.929. The summed E-state index contributed by atoms with van der Waals surface area (Å²) in [7, 11) is 0. The number of nitrogens with zero attached hydrogens (tertiary/aromatic N) is 1. The van der Waals surface area contributed by atoms with Crippen molar-refractivity contribution in [1.82, 2.24) is 4.90 Å². The summed E-state index contributed by atoms with van der Waals surface area (Å²) in [4.78, 5) is 24.7. The molecule has 102 valence electrons. The number of carboxylic acid groups (broad SMARTS) is 1. The van der Waals surface area contributed by atoms with Crippen molar-refractivity contribution in [3.8, 4) is 0 Å². The predicted octanol–water partition coefficient (Wildman–Crippen LogP) is 2.69. The van der Waals surface area contributed by atoms with Crippen molar-refractivity contribution in [2.24, 2.45) is 5.92 Å². The van der Waals surface area contributed by atoms with Gasteiger partial charge in [0.15, 0.2) is 0 Å². The monoisotopic (exact) mass is 325 g/mol. The average Bonchev–Trinajstić information content (AvgIpc) is 2.79. The smallest absolute Gasteiger partial charge is 0.303 e. The van der Waals surface area contributed by atoms with E-state index >= 15 is 0 Å². The van der Waals surface area contributed by atoms with Crippen molar-refractivity contribution in [2.75, 3.05) is 13.1 Å². The molecule has 0 spiro atoms. The molecular weight excluding hydrogens is 310 g/mol. The number of likely N-dealkylation sites (tertiary alicyclic amines) is 1. The maximum atomic E-state index is 12.3. The van der Waals surface area contributed by atoms with E-state index in [1.165, 1.54) is 0 Å². The Morgan fingerprint density at radius 2 is 2.21 bits per heavy atom. The van der Waals surface area contributed by atoms with Crippen molar-refractivity contribution in [2.45, 2.75) is 19.8 Å². The molecule has 0 aromatic heterocycles. The van der Waals surface area contributed by atoms with E-state index in [9.17, 15) is 9.59 Å². The SMILES string of the molecule is Cc1cc(C(=O)N2CCC(CC(=O)O)C2)ccc1Br. The largest absolute Gasteiger partial charge is 0.481 e. The highest BCUT2D eigenvalue weighted by molar-refractivity contribution is 9.10. The van der Waals surface area contributed by atoms with Crippen LogP contribution in [0, 0.1) is 12.8 Å². The molecule has 19 heavy (non-hydrogen) atoms. The highest BCUT2D eigenvalue weighted by Gasteiger charge is 2.28. The van der Waals surface area contributed by atoms with Gasteiger partial charge >= 0.3 is 5.97 Å². The van der Waals surface area contributed by atoms with E-state index in [0.29, 0.717) is 18.7 Å². The Morgan fingerprint density at radius 3 is 2.84 bits per heavy atom. The lowest BCUT2D eigenvalue weighted by Gasteiger charge is -2.16. The van der Waals surface area contributed by atoms with Crippen LogP contribution in [0.4, 0.5) is 0 Å². The highest BCUT2D eigenvalue weighted by atomic mass is 79.9. The van der Waals surface area contributed by atoms with Crippen LogP contribution in [-0.2, 0) is 4.79 Å². The first kappa shape index (κ1) is 14.1. The standard InChI is InChI=1S/C14H16BrNO3/c1-9-6-11(2-3-12(9)15)14(19)16-5-4-10(8-16)7-13(17)18/h2-3,6,10H,4-5,7-8H2,1H3,(H,17,18). The molecule has 0 aliphatic carbocycles. The van der Waals surface area contributed by atoms with Crippen LogP contribution in [0.15, 0.2) is 22.7 Å². The lowest BCUT2D eigenvalue weighted by atomic mass is 10.1. The minimum Gasteiger partial charge on any atom is -0.481 e. The predicted molar refractivity (Wildman–Crippen MR) is 75.1 cm³/mol. The zero-order chi connectivity index (χ0) is 14.0. The Bertz CT molecular complexity index is 515. The summed E-state index contributed by atoms with van der Waals surface area (Å²) in [6, 6.07) is 5.52. The van der Waals surface area contributed by atoms with Crippen LogP contribution in [0.25, 0.3) is 0 Å². The number of amides is 1. The van der Waals surface area contributed by atoms with Gasteiger partial charge in [-0.3, -0.25) is 9.59 Å². The first-order valence-corrected chi connectivity index (χ1v) is 7.04. The third-order valence-electron chi connectivity index (χ3n) is 3.44. The Hall–Kier alpha value is -1.36. The van der Waals surface area contributed by atoms with E-state index in [1.54, 1.807) is 11.0 Å². The van der Waals surface area contributed by atoms with Crippen LogP contribution in [0.5, 0.6) is 0 Å². The fraction of sp³-hybridized carbons (Fsp3) is 0.429. The molecule has 1 heterocycles. The zero-order valence-corrected chi connectivity index (χ0v) is 12.3. The Morgan fingerprint density at radius 1 is 1.47 bits per heavy atom. The van der Waals surface area contributed by atoms with Gasteiger partial charge in [-0.2, -0.15) is 0 Å². The Balaban J connectivity index is 2.04. The van der Waals surface area contributed by atoms with Gasteiger partial charge in [0, 0.05) is 29.5 Å². The molecule has 1 saturated heterocycles. The molecule has 1 aromatic rings. The van der Waals surface area contributed by atoms with Gasteiger partial charge in [-0.1, -0.05) is 15.9 Å². The average molecular weight is 326 g/mol. The first-order valence-electron chi connectivity index (χ1n) is 6.24. The minimum absolute atomic E-state index is 0.0107. The van der Waals surface area contributed by atoms with Crippen molar-refractivity contribution in [3.05, 3.63) is 33.8 Å². The molecule has 1 amide bonds. The molecule has 1 atom stereocenters. The molecule has 1 aliphatic heterocycles. The molecule has 4 nitrogen and oxygen atoms in total. The second-order valence-corrected chi connectivity index (χ2v) is 5.82. The number of rotatable bonds is 3. The first-order chi connectivity index (χ1) is 8.97. The van der Waals surface area contributed by atoms with E-state index in [-0.39, 0.29) is 18.2 Å². The van der Waals surface area contributed by atoms with Gasteiger partial charge in [-0.05, 0) is 43.0 Å². The number of hydrogen-bond acceptors (Lipinski definition) is 2. The molecule has 1 aliphatic rings. The molecular formula is C14H16BrNO3. The number of aryl methyl sites for hydroxylation is 1. The normalized spacial score (nSPS) is 18.6. The summed E-state index contributed by atoms with van der Waals surface area (Å²) >= 11 is 3.41. The number of aliphatic carboxylic acids is 1. The zero-order valence-electron chi connectivity index (χ0n) is 10.7. The third-order valence-corrected chi connectivity index (χ3v) is 4.33. The summed E-state index contributed by atoms with van der Waals surface area (Å²) in [5.41, 5.74) is 1.68. The summed E-state index contributed by atoms with van der Waals surface area (Å²) in [5.74, 6) is -0.722. The molecule has 2 rings (SSSR count). The van der Waals surface area contributed by atoms with Crippen molar-refractivity contribution < 1.29 is 14.7 Å². The summed E-state index contributed by atoms with van der Waals surface area (Å²) in [5, 5.41) is 8.77. The lowest BCUT2D eigenvalue weighted by molar-refractivity contribution is -0.138. The number of hydrogen-bond donors (Lipinski definition) is 1. The van der Waals surface area contributed by atoms with Gasteiger partial charge in [0.25, 0.3) is 5.91 Å². The minimum atomic E-state index is -0.793. The number of carbonyl (C=O) groups is 2. The van der Waals surface area contributed by atoms with Gasteiger partial charge in [0.2, 0.25) is 0 Å². The molecule has 0 saturated carbocycles. The van der Waals surface area contributed by atoms with E-state index < -0.39 is 5.97 Å². The van der Waals surface area contributed by atoms with Crippen molar-refractivity contribution in [3.63, 3.8) is 0 Å². The Labute approximate surface area is 120 Å². The van der Waals surface area contributed by atoms with E-state index in [1.807, 2.05) is 19.1 Å². The molecule has 1 unspecified atom stereocenters. The van der Waals surface area contributed by atoms with Crippen LogP contribution in [-0.4, -0.2) is 35.0 Å². The van der Waals surface area contributed by atoms with Crippen LogP contribution in [0.3, 0.4) is 0 Å². The molecule has 5 heteroatoms. The highest BCUT2D eigenvalue weighted by Crippen LogP contribution is 2.23.